The van der Waals surface area contributed by atoms with E-state index in [1.807, 2.05) is 0 Å². The molecule has 1 aromatic rings. The van der Waals surface area contributed by atoms with Gasteiger partial charge in [0, 0.05) is 20.0 Å². The van der Waals surface area contributed by atoms with Gasteiger partial charge in [0.2, 0.25) is 5.91 Å². The minimum absolute atomic E-state index is 0.179. The minimum atomic E-state index is -0.650. The highest BCUT2D eigenvalue weighted by Gasteiger charge is 2.16. The van der Waals surface area contributed by atoms with Gasteiger partial charge in [-0.15, -0.1) is 0 Å². The number of halogens is 1. The number of rotatable bonds is 5. The lowest BCUT2D eigenvalue weighted by Gasteiger charge is -2.08. The lowest BCUT2D eigenvalue weighted by molar-refractivity contribution is -0.384. The number of hydrogen-bond acceptors (Lipinski definition) is 4. The van der Waals surface area contributed by atoms with Crippen LogP contribution >= 0.6 is 0 Å². The van der Waals surface area contributed by atoms with Gasteiger partial charge < -0.3 is 10.6 Å². The summed E-state index contributed by atoms with van der Waals surface area (Å²) in [6, 6.07) is 2.26. The Morgan fingerprint density at radius 3 is 2.67 bits per heavy atom. The maximum atomic E-state index is 13.2. The molecule has 7 heteroatoms. The van der Waals surface area contributed by atoms with E-state index in [4.69, 9.17) is 0 Å². The fourth-order valence-corrected chi connectivity index (χ4v) is 1.40. The maximum absolute atomic E-state index is 13.2. The number of hydrogen-bond donors (Lipinski definition) is 2. The van der Waals surface area contributed by atoms with E-state index in [9.17, 15) is 19.3 Å². The number of anilines is 1. The van der Waals surface area contributed by atoms with Crippen LogP contribution in [-0.2, 0) is 4.79 Å². The Labute approximate surface area is 103 Å². The van der Waals surface area contributed by atoms with Gasteiger partial charge >= 0.3 is 0 Å². The van der Waals surface area contributed by atoms with Crippen LogP contribution in [0.1, 0.15) is 12.5 Å². The first-order valence-electron chi connectivity index (χ1n) is 5.34. The first-order chi connectivity index (χ1) is 8.41. The van der Waals surface area contributed by atoms with E-state index in [1.54, 1.807) is 0 Å². The highest BCUT2D eigenvalue weighted by Crippen LogP contribution is 2.27. The molecule has 98 valence electrons. The number of nitrogens with one attached hydrogen (secondary N) is 2. The van der Waals surface area contributed by atoms with Crippen molar-refractivity contribution in [2.24, 2.45) is 0 Å². The van der Waals surface area contributed by atoms with Crippen LogP contribution in [0.5, 0.6) is 0 Å². The van der Waals surface area contributed by atoms with Crippen molar-refractivity contribution in [1.82, 2.24) is 5.32 Å². The van der Waals surface area contributed by atoms with Crippen LogP contribution in [0.4, 0.5) is 15.8 Å². The third kappa shape index (κ3) is 3.69. The summed E-state index contributed by atoms with van der Waals surface area (Å²) in [5.41, 5.74) is 0.243. The van der Waals surface area contributed by atoms with E-state index >= 15 is 0 Å². The Bertz CT molecular complexity index is 477. The Hall–Kier alpha value is -2.18. The second-order valence-corrected chi connectivity index (χ2v) is 3.79. The van der Waals surface area contributed by atoms with Gasteiger partial charge in [0.1, 0.15) is 11.5 Å². The summed E-state index contributed by atoms with van der Waals surface area (Å²) in [5.74, 6) is -0.796. The van der Waals surface area contributed by atoms with E-state index < -0.39 is 10.7 Å². The van der Waals surface area contributed by atoms with E-state index in [1.165, 1.54) is 19.9 Å². The summed E-state index contributed by atoms with van der Waals surface area (Å²) in [6.45, 7) is 3.57. The molecule has 0 unspecified atom stereocenters. The molecule has 1 rings (SSSR count). The van der Waals surface area contributed by atoms with Crippen molar-refractivity contribution < 1.29 is 14.1 Å². The Morgan fingerprint density at radius 2 is 2.11 bits per heavy atom. The van der Waals surface area contributed by atoms with E-state index in [2.05, 4.69) is 10.6 Å². The van der Waals surface area contributed by atoms with Gasteiger partial charge in [-0.05, 0) is 18.6 Å². The maximum Gasteiger partial charge on any atom is 0.295 e. The number of aryl methyl sites for hydroxylation is 1. The van der Waals surface area contributed by atoms with Crippen molar-refractivity contribution in [3.05, 3.63) is 33.6 Å². The molecule has 1 aromatic carbocycles. The highest BCUT2D eigenvalue weighted by atomic mass is 19.1. The van der Waals surface area contributed by atoms with Crippen molar-refractivity contribution in [2.45, 2.75) is 13.8 Å². The molecule has 18 heavy (non-hydrogen) atoms. The number of benzene rings is 1. The summed E-state index contributed by atoms with van der Waals surface area (Å²) < 4.78 is 13.2. The first kappa shape index (κ1) is 13.9. The van der Waals surface area contributed by atoms with Gasteiger partial charge in [0.05, 0.1) is 11.0 Å². The molecule has 0 aliphatic rings. The van der Waals surface area contributed by atoms with E-state index in [-0.39, 0.29) is 17.3 Å². The molecule has 0 saturated carbocycles. The molecule has 0 radical (unpaired) electrons. The predicted molar refractivity (Wildman–Crippen MR) is 65.0 cm³/mol. The summed E-state index contributed by atoms with van der Waals surface area (Å²) in [6.07, 6.45) is 0. The molecular weight excluding hydrogens is 241 g/mol. The average Bonchev–Trinajstić information content (AvgIpc) is 2.28. The summed E-state index contributed by atoms with van der Waals surface area (Å²) in [4.78, 5) is 20.7. The van der Waals surface area contributed by atoms with Crippen LogP contribution in [0.15, 0.2) is 12.1 Å². The van der Waals surface area contributed by atoms with Gasteiger partial charge in [-0.1, -0.05) is 0 Å². The highest BCUT2D eigenvalue weighted by molar-refractivity contribution is 5.72. The smallest absolute Gasteiger partial charge is 0.295 e. The Morgan fingerprint density at radius 1 is 1.44 bits per heavy atom. The molecule has 0 fully saturated rings. The number of nitrogens with zero attached hydrogens (tertiary/aromatic N) is 1. The van der Waals surface area contributed by atoms with Gasteiger partial charge in [0.15, 0.2) is 0 Å². The quantitative estimate of drug-likeness (QED) is 0.475. The fourth-order valence-electron chi connectivity index (χ4n) is 1.40. The summed E-state index contributed by atoms with van der Waals surface area (Å²) >= 11 is 0. The van der Waals surface area contributed by atoms with Crippen molar-refractivity contribution in [1.29, 1.82) is 0 Å². The van der Waals surface area contributed by atoms with Crippen molar-refractivity contribution in [3.8, 4) is 0 Å². The number of carbonyl (C=O) groups excluding carboxylic acids is 1. The molecule has 2 N–H and O–H groups in total. The lowest BCUT2D eigenvalue weighted by Crippen LogP contribution is -2.26. The molecule has 0 aliphatic carbocycles. The third-order valence-electron chi connectivity index (χ3n) is 2.29. The zero-order chi connectivity index (χ0) is 13.7. The predicted octanol–water partition coefficient (Wildman–Crippen LogP) is 1.59. The summed E-state index contributed by atoms with van der Waals surface area (Å²) in [7, 11) is 0. The third-order valence-corrected chi connectivity index (χ3v) is 2.29. The van der Waals surface area contributed by atoms with Crippen molar-refractivity contribution >= 4 is 17.3 Å². The van der Waals surface area contributed by atoms with Gasteiger partial charge in [-0.3, -0.25) is 14.9 Å². The van der Waals surface area contributed by atoms with E-state index in [0.717, 1.165) is 6.07 Å². The van der Waals surface area contributed by atoms with Crippen molar-refractivity contribution in [3.63, 3.8) is 0 Å². The molecule has 0 bridgehead atoms. The molecule has 0 aliphatic heterocycles. The van der Waals surface area contributed by atoms with Crippen LogP contribution in [0.25, 0.3) is 0 Å². The number of carbonyl (C=O) groups is 1. The van der Waals surface area contributed by atoms with Crippen LogP contribution in [0, 0.1) is 22.9 Å². The van der Waals surface area contributed by atoms with Gasteiger partial charge in [-0.2, -0.15) is 0 Å². The van der Waals surface area contributed by atoms with Crippen LogP contribution in [0.3, 0.4) is 0 Å². The summed E-state index contributed by atoms with van der Waals surface area (Å²) in [5, 5.41) is 16.1. The Balaban J connectivity index is 2.77. The number of nitro benzene ring substituents is 1. The van der Waals surface area contributed by atoms with E-state index in [0.29, 0.717) is 18.7 Å². The molecular formula is C11H14FN3O3. The minimum Gasteiger partial charge on any atom is -0.378 e. The zero-order valence-corrected chi connectivity index (χ0v) is 10.1. The fraction of sp³-hybridized carbons (Fsp3) is 0.364. The second-order valence-electron chi connectivity index (χ2n) is 3.79. The molecule has 0 aromatic heterocycles. The second kappa shape index (κ2) is 5.95. The molecule has 0 heterocycles. The van der Waals surface area contributed by atoms with Crippen LogP contribution in [0.2, 0.25) is 0 Å². The number of amides is 1. The Kier molecular flexibility index (Phi) is 4.59. The average molecular weight is 255 g/mol. The molecule has 0 spiro atoms. The monoisotopic (exact) mass is 255 g/mol. The van der Waals surface area contributed by atoms with Gasteiger partial charge in [0.25, 0.3) is 5.69 Å². The van der Waals surface area contributed by atoms with Crippen LogP contribution in [-0.4, -0.2) is 23.9 Å². The standard InChI is InChI=1S/C11H14FN3O3/c1-7-5-10(14-4-3-13-8(2)16)11(15(17)18)6-9(7)12/h5-6,14H,3-4H2,1-2H3,(H,13,16). The zero-order valence-electron chi connectivity index (χ0n) is 10.1. The normalized spacial score (nSPS) is 9.94. The first-order valence-corrected chi connectivity index (χ1v) is 5.34. The molecule has 0 atom stereocenters. The van der Waals surface area contributed by atoms with Gasteiger partial charge in [-0.25, -0.2) is 4.39 Å². The molecule has 6 nitrogen and oxygen atoms in total. The lowest BCUT2D eigenvalue weighted by atomic mass is 10.2. The largest absolute Gasteiger partial charge is 0.378 e. The SMILES string of the molecule is CC(=O)NCCNc1cc(C)c(F)cc1[N+](=O)[O-]. The van der Waals surface area contributed by atoms with Crippen LogP contribution < -0.4 is 10.6 Å². The topological polar surface area (TPSA) is 84.3 Å². The number of nitro groups is 1. The molecule has 1 amide bonds. The molecule has 0 saturated heterocycles. The van der Waals surface area contributed by atoms with Crippen molar-refractivity contribution in [2.75, 3.05) is 18.4 Å².